The molecule has 1 aromatic carbocycles. The van der Waals surface area contributed by atoms with Crippen LogP contribution in [0.2, 0.25) is 0 Å². The average molecular weight is 383 g/mol. The van der Waals surface area contributed by atoms with Crippen LogP contribution in [0.3, 0.4) is 0 Å². The number of hydrogen-bond donors (Lipinski definition) is 1. The minimum atomic E-state index is -0.352. The third-order valence-electron chi connectivity index (χ3n) is 5.63. The van der Waals surface area contributed by atoms with Crippen LogP contribution in [-0.4, -0.2) is 54.8 Å². The second-order valence-corrected chi connectivity index (χ2v) is 8.36. The van der Waals surface area contributed by atoms with Crippen molar-refractivity contribution < 1.29 is 9.90 Å². The third-order valence-corrected chi connectivity index (χ3v) is 5.63. The van der Waals surface area contributed by atoms with Gasteiger partial charge >= 0.3 is 0 Å². The number of fused-ring (bicyclic) bond motifs is 1. The summed E-state index contributed by atoms with van der Waals surface area (Å²) in [5.74, 6) is 2.31. The average Bonchev–Trinajstić information content (AvgIpc) is 3.24. The Bertz CT molecular complexity index is 819. The summed E-state index contributed by atoms with van der Waals surface area (Å²) in [4.78, 5) is 16.6. The summed E-state index contributed by atoms with van der Waals surface area (Å²) >= 11 is 0. The molecule has 7 nitrogen and oxygen atoms in total. The van der Waals surface area contributed by atoms with Crippen molar-refractivity contribution in [2.75, 3.05) is 13.1 Å². The molecule has 1 saturated heterocycles. The van der Waals surface area contributed by atoms with E-state index in [9.17, 15) is 9.90 Å². The molecule has 0 bridgehead atoms. The third kappa shape index (κ3) is 3.95. The van der Waals surface area contributed by atoms with Crippen molar-refractivity contribution in [1.29, 1.82) is 0 Å². The molecular formula is C21H29N5O2. The Kier molecular flexibility index (Phi) is 5.46. The van der Waals surface area contributed by atoms with Crippen LogP contribution in [0.1, 0.15) is 49.9 Å². The molecule has 2 aliphatic rings. The van der Waals surface area contributed by atoms with E-state index in [0.29, 0.717) is 44.9 Å². The predicted octanol–water partition coefficient (Wildman–Crippen LogP) is 1.97. The molecule has 1 aromatic heterocycles. The summed E-state index contributed by atoms with van der Waals surface area (Å²) in [6, 6.07) is 10.4. The molecule has 2 aliphatic heterocycles. The van der Waals surface area contributed by atoms with E-state index in [1.54, 1.807) is 0 Å². The number of carbonyl (C=O) groups excluding carboxylic acids is 1. The first-order chi connectivity index (χ1) is 13.5. The number of nitrogens with zero attached hydrogens (tertiary/aromatic N) is 5. The van der Waals surface area contributed by atoms with Crippen LogP contribution in [0, 0.1) is 5.92 Å². The zero-order valence-electron chi connectivity index (χ0n) is 16.7. The molecular weight excluding hydrogens is 354 g/mol. The number of benzene rings is 1. The van der Waals surface area contributed by atoms with Crippen LogP contribution in [0.15, 0.2) is 30.3 Å². The number of amides is 1. The lowest BCUT2D eigenvalue weighted by Crippen LogP contribution is -2.39. The van der Waals surface area contributed by atoms with Gasteiger partial charge in [-0.25, -0.2) is 0 Å². The summed E-state index contributed by atoms with van der Waals surface area (Å²) < 4.78 is 2.15. The smallest absolute Gasteiger partial charge is 0.223 e. The summed E-state index contributed by atoms with van der Waals surface area (Å²) in [6.07, 6.45) is 0.885. The first kappa shape index (κ1) is 19.1. The van der Waals surface area contributed by atoms with E-state index in [1.165, 1.54) is 5.56 Å². The van der Waals surface area contributed by atoms with E-state index in [2.05, 4.69) is 45.6 Å². The largest absolute Gasteiger partial charge is 0.392 e. The molecule has 150 valence electrons. The number of aliphatic hydroxyl groups excluding tert-OH is 1. The maximum Gasteiger partial charge on any atom is 0.223 e. The van der Waals surface area contributed by atoms with Crippen molar-refractivity contribution in [3.63, 3.8) is 0 Å². The fourth-order valence-electron chi connectivity index (χ4n) is 4.26. The van der Waals surface area contributed by atoms with Gasteiger partial charge in [0.1, 0.15) is 0 Å². The van der Waals surface area contributed by atoms with E-state index in [1.807, 2.05) is 23.1 Å². The van der Waals surface area contributed by atoms with Crippen LogP contribution in [-0.2, 0) is 24.4 Å². The van der Waals surface area contributed by atoms with Crippen molar-refractivity contribution in [1.82, 2.24) is 24.6 Å². The van der Waals surface area contributed by atoms with Gasteiger partial charge in [0.25, 0.3) is 0 Å². The zero-order valence-corrected chi connectivity index (χ0v) is 16.7. The topological polar surface area (TPSA) is 74.5 Å². The van der Waals surface area contributed by atoms with Crippen molar-refractivity contribution in [2.24, 2.45) is 5.92 Å². The standard InChI is InChI=1S/C21H29N5O2/c1-15(2)10-20(28)24-8-9-26-19(14-24)22-23-21(26)18-11-17(27)13-25(18)12-16-6-4-3-5-7-16/h3-7,15,17-18,27H,8-14H2,1-2H3/t17-,18+/m1/s1. The molecule has 0 spiro atoms. The van der Waals surface area contributed by atoms with Crippen LogP contribution in [0.25, 0.3) is 0 Å². The van der Waals surface area contributed by atoms with Gasteiger partial charge in [-0.05, 0) is 17.9 Å². The van der Waals surface area contributed by atoms with Gasteiger partial charge in [-0.1, -0.05) is 44.2 Å². The number of hydrogen-bond acceptors (Lipinski definition) is 5. The normalized spacial score (nSPS) is 22.6. The molecule has 2 atom stereocenters. The number of rotatable bonds is 5. The highest BCUT2D eigenvalue weighted by Crippen LogP contribution is 2.33. The second kappa shape index (κ2) is 8.01. The van der Waals surface area contributed by atoms with Crippen LogP contribution < -0.4 is 0 Å². The van der Waals surface area contributed by atoms with Gasteiger partial charge in [0.2, 0.25) is 5.91 Å². The molecule has 0 unspecified atom stereocenters. The Hall–Kier alpha value is -2.25. The van der Waals surface area contributed by atoms with E-state index >= 15 is 0 Å². The van der Waals surface area contributed by atoms with E-state index in [0.717, 1.165) is 18.2 Å². The van der Waals surface area contributed by atoms with Gasteiger partial charge in [0.15, 0.2) is 11.6 Å². The summed E-state index contributed by atoms with van der Waals surface area (Å²) in [5.41, 5.74) is 1.23. The lowest BCUT2D eigenvalue weighted by molar-refractivity contribution is -0.133. The number of aromatic nitrogens is 3. The Morgan fingerprint density at radius 2 is 2.00 bits per heavy atom. The van der Waals surface area contributed by atoms with Crippen molar-refractivity contribution >= 4 is 5.91 Å². The molecule has 3 heterocycles. The molecule has 1 fully saturated rings. The minimum Gasteiger partial charge on any atom is -0.392 e. The molecule has 4 rings (SSSR count). The number of likely N-dealkylation sites (tertiary alicyclic amines) is 1. The van der Waals surface area contributed by atoms with Crippen LogP contribution in [0.4, 0.5) is 0 Å². The molecule has 0 saturated carbocycles. The van der Waals surface area contributed by atoms with Gasteiger partial charge in [-0.2, -0.15) is 0 Å². The highest BCUT2D eigenvalue weighted by molar-refractivity contribution is 5.76. The zero-order chi connectivity index (χ0) is 19.7. The fraction of sp³-hybridized carbons (Fsp3) is 0.571. The highest BCUT2D eigenvalue weighted by atomic mass is 16.3. The van der Waals surface area contributed by atoms with Gasteiger partial charge in [0.05, 0.1) is 18.7 Å². The van der Waals surface area contributed by atoms with Crippen LogP contribution in [0.5, 0.6) is 0 Å². The quantitative estimate of drug-likeness (QED) is 0.855. The maximum atomic E-state index is 12.4. The lowest BCUT2D eigenvalue weighted by atomic mass is 10.1. The summed E-state index contributed by atoms with van der Waals surface area (Å²) in [5, 5.41) is 19.2. The Morgan fingerprint density at radius 1 is 1.21 bits per heavy atom. The molecule has 1 N–H and O–H groups in total. The van der Waals surface area contributed by atoms with Crippen molar-refractivity contribution in [2.45, 2.75) is 58.5 Å². The molecule has 0 radical (unpaired) electrons. The molecule has 7 heteroatoms. The number of aliphatic hydroxyl groups is 1. The fourth-order valence-corrected chi connectivity index (χ4v) is 4.26. The SMILES string of the molecule is CC(C)CC(=O)N1CCn2c(nnc2[C@@H]2C[C@@H](O)CN2Cc2ccccc2)C1. The van der Waals surface area contributed by atoms with E-state index in [-0.39, 0.29) is 18.1 Å². The van der Waals surface area contributed by atoms with Crippen LogP contribution >= 0.6 is 0 Å². The van der Waals surface area contributed by atoms with E-state index in [4.69, 9.17) is 0 Å². The second-order valence-electron chi connectivity index (χ2n) is 8.36. The van der Waals surface area contributed by atoms with Gasteiger partial charge in [0, 0.05) is 32.6 Å². The summed E-state index contributed by atoms with van der Waals surface area (Å²) in [6.45, 7) is 7.48. The van der Waals surface area contributed by atoms with Gasteiger partial charge in [-0.15, -0.1) is 10.2 Å². The Labute approximate surface area is 166 Å². The molecule has 2 aromatic rings. The van der Waals surface area contributed by atoms with Gasteiger partial charge < -0.3 is 14.6 Å². The molecule has 0 aliphatic carbocycles. The lowest BCUT2D eigenvalue weighted by Gasteiger charge is -2.30. The number of carbonyl (C=O) groups is 1. The first-order valence-electron chi connectivity index (χ1n) is 10.2. The molecule has 1 amide bonds. The monoisotopic (exact) mass is 383 g/mol. The predicted molar refractivity (Wildman–Crippen MR) is 105 cm³/mol. The highest BCUT2D eigenvalue weighted by Gasteiger charge is 2.37. The van der Waals surface area contributed by atoms with Crippen molar-refractivity contribution in [3.8, 4) is 0 Å². The minimum absolute atomic E-state index is 0.0503. The van der Waals surface area contributed by atoms with E-state index < -0.39 is 0 Å². The number of β-amino-alcohol motifs (C(OH)–C–C–N with tert-alkyl or cyclic N) is 1. The first-order valence-corrected chi connectivity index (χ1v) is 10.2. The molecule has 28 heavy (non-hydrogen) atoms. The van der Waals surface area contributed by atoms with Gasteiger partial charge in [-0.3, -0.25) is 9.69 Å². The maximum absolute atomic E-state index is 12.4. The Morgan fingerprint density at radius 3 is 2.75 bits per heavy atom. The Balaban J connectivity index is 1.51. The summed E-state index contributed by atoms with van der Waals surface area (Å²) in [7, 11) is 0. The van der Waals surface area contributed by atoms with Crippen molar-refractivity contribution in [3.05, 3.63) is 47.5 Å².